The Kier molecular flexibility index (Phi) is 4.58. The van der Waals surface area contributed by atoms with Gasteiger partial charge in [-0.15, -0.1) is 0 Å². The van der Waals surface area contributed by atoms with E-state index in [0.29, 0.717) is 18.9 Å². The van der Waals surface area contributed by atoms with Crippen LogP contribution in [0.1, 0.15) is 52.4 Å². The van der Waals surface area contributed by atoms with Crippen LogP contribution >= 0.6 is 0 Å². The van der Waals surface area contributed by atoms with Crippen LogP contribution in [0.25, 0.3) is 0 Å². The number of aliphatic hydroxyl groups excluding tert-OH is 1. The average molecular weight is 213 g/mol. The first-order valence-corrected chi connectivity index (χ1v) is 5.96. The summed E-state index contributed by atoms with van der Waals surface area (Å²) < 4.78 is 0. The summed E-state index contributed by atoms with van der Waals surface area (Å²) in [6.07, 6.45) is 5.79. The molecule has 0 aromatic rings. The van der Waals surface area contributed by atoms with Crippen molar-refractivity contribution in [2.45, 2.75) is 58.4 Å². The highest BCUT2D eigenvalue weighted by Crippen LogP contribution is 2.35. The van der Waals surface area contributed by atoms with Gasteiger partial charge in [0.2, 0.25) is 5.91 Å². The summed E-state index contributed by atoms with van der Waals surface area (Å²) in [4.78, 5) is 11.5. The maximum atomic E-state index is 11.5. The van der Waals surface area contributed by atoms with Gasteiger partial charge in [-0.05, 0) is 24.7 Å². The SMILES string of the molecule is CC1(C)CCCCC1NC(=O)CCCO. The Labute approximate surface area is 92.3 Å². The molecule has 0 saturated heterocycles. The van der Waals surface area contributed by atoms with Crippen LogP contribution in [-0.4, -0.2) is 23.7 Å². The smallest absolute Gasteiger partial charge is 0.220 e. The quantitative estimate of drug-likeness (QED) is 0.748. The summed E-state index contributed by atoms with van der Waals surface area (Å²) in [7, 11) is 0. The molecular formula is C12H23NO2. The molecule has 1 aliphatic rings. The van der Waals surface area contributed by atoms with Crippen LogP contribution in [0.5, 0.6) is 0 Å². The zero-order chi connectivity index (χ0) is 11.3. The predicted molar refractivity (Wildman–Crippen MR) is 60.5 cm³/mol. The zero-order valence-electron chi connectivity index (χ0n) is 9.88. The van der Waals surface area contributed by atoms with E-state index in [0.717, 1.165) is 6.42 Å². The summed E-state index contributed by atoms with van der Waals surface area (Å²) in [5.41, 5.74) is 0.229. The number of amides is 1. The van der Waals surface area contributed by atoms with E-state index in [-0.39, 0.29) is 17.9 Å². The first kappa shape index (κ1) is 12.5. The fraction of sp³-hybridized carbons (Fsp3) is 0.917. The molecule has 1 aliphatic carbocycles. The molecular weight excluding hydrogens is 190 g/mol. The molecule has 0 aliphatic heterocycles. The molecule has 1 saturated carbocycles. The van der Waals surface area contributed by atoms with Gasteiger partial charge in [-0.3, -0.25) is 4.79 Å². The van der Waals surface area contributed by atoms with Crippen molar-refractivity contribution in [1.82, 2.24) is 5.32 Å². The Bertz CT molecular complexity index is 214. The molecule has 1 rings (SSSR count). The van der Waals surface area contributed by atoms with Crippen molar-refractivity contribution in [1.29, 1.82) is 0 Å². The largest absolute Gasteiger partial charge is 0.396 e. The Hall–Kier alpha value is -0.570. The lowest BCUT2D eigenvalue weighted by atomic mass is 9.73. The second-order valence-corrected chi connectivity index (χ2v) is 5.18. The monoisotopic (exact) mass is 213 g/mol. The lowest BCUT2D eigenvalue weighted by molar-refractivity contribution is -0.123. The molecule has 1 fully saturated rings. The zero-order valence-corrected chi connectivity index (χ0v) is 9.88. The van der Waals surface area contributed by atoms with Crippen LogP contribution in [0.3, 0.4) is 0 Å². The first-order chi connectivity index (χ1) is 7.06. The highest BCUT2D eigenvalue weighted by Gasteiger charge is 2.32. The van der Waals surface area contributed by atoms with E-state index in [1.165, 1.54) is 19.3 Å². The molecule has 1 atom stereocenters. The van der Waals surface area contributed by atoms with Gasteiger partial charge >= 0.3 is 0 Å². The van der Waals surface area contributed by atoms with Crippen LogP contribution in [0.15, 0.2) is 0 Å². The lowest BCUT2D eigenvalue weighted by Crippen LogP contribution is -2.46. The minimum Gasteiger partial charge on any atom is -0.396 e. The fourth-order valence-corrected chi connectivity index (χ4v) is 2.27. The Balaban J connectivity index is 2.38. The number of hydrogen-bond acceptors (Lipinski definition) is 2. The molecule has 0 spiro atoms. The van der Waals surface area contributed by atoms with Crippen LogP contribution in [0, 0.1) is 5.41 Å². The third-order valence-corrected chi connectivity index (χ3v) is 3.40. The lowest BCUT2D eigenvalue weighted by Gasteiger charge is -2.39. The molecule has 3 nitrogen and oxygen atoms in total. The van der Waals surface area contributed by atoms with Gasteiger partial charge in [0.05, 0.1) is 0 Å². The molecule has 0 bridgehead atoms. The Morgan fingerprint density at radius 1 is 1.47 bits per heavy atom. The van der Waals surface area contributed by atoms with Gasteiger partial charge in [0.15, 0.2) is 0 Å². The molecule has 0 aromatic heterocycles. The third kappa shape index (κ3) is 3.82. The summed E-state index contributed by atoms with van der Waals surface area (Å²) in [5.74, 6) is 0.0871. The maximum Gasteiger partial charge on any atom is 0.220 e. The number of rotatable bonds is 4. The number of carbonyl (C=O) groups excluding carboxylic acids is 1. The first-order valence-electron chi connectivity index (χ1n) is 5.96. The highest BCUT2D eigenvalue weighted by atomic mass is 16.3. The van der Waals surface area contributed by atoms with E-state index in [1.54, 1.807) is 0 Å². The van der Waals surface area contributed by atoms with Gasteiger partial charge < -0.3 is 10.4 Å². The Morgan fingerprint density at radius 3 is 2.80 bits per heavy atom. The van der Waals surface area contributed by atoms with Gasteiger partial charge in [0.1, 0.15) is 0 Å². The second-order valence-electron chi connectivity index (χ2n) is 5.18. The summed E-state index contributed by atoms with van der Waals surface area (Å²) >= 11 is 0. The molecule has 1 amide bonds. The van der Waals surface area contributed by atoms with Crippen LogP contribution in [-0.2, 0) is 4.79 Å². The minimum absolute atomic E-state index is 0.0871. The van der Waals surface area contributed by atoms with Crippen molar-refractivity contribution < 1.29 is 9.90 Å². The summed E-state index contributed by atoms with van der Waals surface area (Å²) in [6.45, 7) is 4.55. The van der Waals surface area contributed by atoms with E-state index < -0.39 is 0 Å². The van der Waals surface area contributed by atoms with E-state index in [9.17, 15) is 4.79 Å². The average Bonchev–Trinajstić information content (AvgIpc) is 2.18. The van der Waals surface area contributed by atoms with E-state index >= 15 is 0 Å². The van der Waals surface area contributed by atoms with E-state index in [1.807, 2.05) is 0 Å². The molecule has 0 aromatic carbocycles. The molecule has 15 heavy (non-hydrogen) atoms. The van der Waals surface area contributed by atoms with Crippen molar-refractivity contribution in [3.05, 3.63) is 0 Å². The van der Waals surface area contributed by atoms with Gasteiger partial charge in [0, 0.05) is 19.1 Å². The van der Waals surface area contributed by atoms with Gasteiger partial charge in [0.25, 0.3) is 0 Å². The molecule has 88 valence electrons. The van der Waals surface area contributed by atoms with E-state index in [2.05, 4.69) is 19.2 Å². The highest BCUT2D eigenvalue weighted by molar-refractivity contribution is 5.76. The van der Waals surface area contributed by atoms with E-state index in [4.69, 9.17) is 5.11 Å². The minimum atomic E-state index is 0.0871. The Morgan fingerprint density at radius 2 is 2.20 bits per heavy atom. The van der Waals surface area contributed by atoms with Gasteiger partial charge in [-0.1, -0.05) is 26.7 Å². The number of aliphatic hydroxyl groups is 1. The second kappa shape index (κ2) is 5.50. The third-order valence-electron chi connectivity index (χ3n) is 3.40. The van der Waals surface area contributed by atoms with Crippen molar-refractivity contribution in [3.8, 4) is 0 Å². The standard InChI is InChI=1S/C12H23NO2/c1-12(2)8-4-3-6-10(12)13-11(15)7-5-9-14/h10,14H,3-9H2,1-2H3,(H,13,15). The normalized spacial score (nSPS) is 24.9. The summed E-state index contributed by atoms with van der Waals surface area (Å²) in [5, 5.41) is 11.7. The predicted octanol–water partition coefficient (Wildman–Crippen LogP) is 1.84. The van der Waals surface area contributed by atoms with Crippen LogP contribution in [0.4, 0.5) is 0 Å². The molecule has 0 heterocycles. The number of hydrogen-bond donors (Lipinski definition) is 2. The molecule has 1 unspecified atom stereocenters. The maximum absolute atomic E-state index is 11.5. The molecule has 0 radical (unpaired) electrons. The fourth-order valence-electron chi connectivity index (χ4n) is 2.27. The summed E-state index contributed by atoms with van der Waals surface area (Å²) in [6, 6.07) is 0.317. The number of nitrogens with one attached hydrogen (secondary N) is 1. The number of carbonyl (C=O) groups is 1. The van der Waals surface area contributed by atoms with Crippen LogP contribution < -0.4 is 5.32 Å². The van der Waals surface area contributed by atoms with Gasteiger partial charge in [-0.25, -0.2) is 0 Å². The van der Waals surface area contributed by atoms with Crippen molar-refractivity contribution in [3.63, 3.8) is 0 Å². The van der Waals surface area contributed by atoms with Crippen LogP contribution in [0.2, 0.25) is 0 Å². The van der Waals surface area contributed by atoms with Crippen molar-refractivity contribution >= 4 is 5.91 Å². The molecule has 3 heteroatoms. The van der Waals surface area contributed by atoms with Crippen molar-refractivity contribution in [2.75, 3.05) is 6.61 Å². The van der Waals surface area contributed by atoms with Crippen molar-refractivity contribution in [2.24, 2.45) is 5.41 Å². The van der Waals surface area contributed by atoms with Gasteiger partial charge in [-0.2, -0.15) is 0 Å². The molecule has 2 N–H and O–H groups in total. The topological polar surface area (TPSA) is 49.3 Å².